The number of carboxylic acids is 4. The molecule has 3 fully saturated rings. The molecule has 3 heterocycles. The molecule has 3 unspecified atom stereocenters. The number of hydrogen-bond acceptors (Lipinski definition) is 22. The van der Waals surface area contributed by atoms with Crippen molar-refractivity contribution in [2.75, 3.05) is 13.2 Å². The number of ether oxygens (including phenoxy) is 1. The van der Waals surface area contributed by atoms with Crippen molar-refractivity contribution in [2.45, 2.75) is 61.2 Å². The average molecular weight is 1010 g/mol. The Morgan fingerprint density at radius 3 is 1.31 bits per heavy atom. The van der Waals surface area contributed by atoms with Crippen molar-refractivity contribution in [3.63, 3.8) is 0 Å². The number of hydroxylamine groups is 6. The minimum absolute atomic E-state index is 0.0202. The molecule has 5 rings (SSSR count). The van der Waals surface area contributed by atoms with Gasteiger partial charge in [-0.1, -0.05) is 0 Å². The highest BCUT2D eigenvalue weighted by Crippen LogP contribution is 2.28. The second-order valence-corrected chi connectivity index (χ2v) is 17.1. The lowest BCUT2D eigenvalue weighted by Gasteiger charge is -2.13. The van der Waals surface area contributed by atoms with E-state index in [1.54, 1.807) is 0 Å². The quantitative estimate of drug-likeness (QED) is 0.0455. The highest BCUT2D eigenvalue weighted by molar-refractivity contribution is 7.87. The number of hydrogen-bond donors (Lipinski definition) is 8. The van der Waals surface area contributed by atoms with Gasteiger partial charge >= 0.3 is 44.1 Å². The third-order valence-electron chi connectivity index (χ3n) is 8.85. The van der Waals surface area contributed by atoms with Crippen molar-refractivity contribution in [1.82, 2.24) is 15.2 Å². The van der Waals surface area contributed by atoms with Crippen LogP contribution in [0.4, 0.5) is 0 Å². The molecule has 0 saturated carbocycles. The number of aliphatic hydroxyl groups excluding tert-OH is 1. The number of carbonyl (C=O) groups excluding carboxylic acids is 7. The molecule has 2 aromatic rings. The second-order valence-electron chi connectivity index (χ2n) is 14.0. The summed E-state index contributed by atoms with van der Waals surface area (Å²) in [6, 6.07) is 8.70. The van der Waals surface area contributed by atoms with Gasteiger partial charge in [-0.05, 0) is 55.0 Å². The molecule has 8 N–H and O–H groups in total. The molecule has 0 radical (unpaired) electrons. The monoisotopic (exact) mass is 1010 g/mol. The zero-order chi connectivity index (χ0) is 51.7. The van der Waals surface area contributed by atoms with Crippen LogP contribution < -0.4 is 0 Å². The number of carboxylic acid groups (broad SMARTS) is 4. The highest BCUT2D eigenvalue weighted by Gasteiger charge is 2.44. The Bertz CT molecular complexity index is 2440. The summed E-state index contributed by atoms with van der Waals surface area (Å²) in [6.45, 7) is -0.305. The van der Waals surface area contributed by atoms with Crippen LogP contribution in [0.15, 0.2) is 58.3 Å². The number of rotatable bonds is 19. The van der Waals surface area contributed by atoms with Gasteiger partial charge in [0.1, 0.15) is 11.5 Å². The van der Waals surface area contributed by atoms with E-state index in [1.165, 1.54) is 0 Å². The zero-order valence-corrected chi connectivity index (χ0v) is 36.3. The van der Waals surface area contributed by atoms with Crippen LogP contribution in [0.25, 0.3) is 0 Å². The maximum absolute atomic E-state index is 12.0. The van der Waals surface area contributed by atoms with Gasteiger partial charge in [-0.3, -0.25) is 57.9 Å². The minimum atomic E-state index is -4.45. The predicted molar refractivity (Wildman–Crippen MR) is 211 cm³/mol. The van der Waals surface area contributed by atoms with Crippen molar-refractivity contribution < 1.29 is 124 Å². The zero-order valence-electron chi connectivity index (χ0n) is 34.7. The van der Waals surface area contributed by atoms with Crippen LogP contribution in [-0.2, 0) is 86.3 Å². The van der Waals surface area contributed by atoms with Crippen LogP contribution in [0.1, 0.15) is 51.4 Å². The van der Waals surface area contributed by atoms with E-state index in [0.717, 1.165) is 48.5 Å². The summed E-state index contributed by atoms with van der Waals surface area (Å²) in [5.41, 5.74) is 0. The highest BCUT2D eigenvalue weighted by atomic mass is 32.2. The number of aliphatic carboxylic acids is 4. The lowest BCUT2D eigenvalue weighted by Crippen LogP contribution is -2.33. The van der Waals surface area contributed by atoms with Crippen LogP contribution in [-0.4, -0.2) is 152 Å². The van der Waals surface area contributed by atoms with E-state index in [0.29, 0.717) is 0 Å². The Labute approximate surface area is 382 Å². The number of aromatic hydroxyl groups is 2. The second kappa shape index (κ2) is 25.5. The summed E-state index contributed by atoms with van der Waals surface area (Å²) in [7, 11) is -8.81. The largest absolute Gasteiger partial charge is 0.508 e. The molecular formula is C37H41N3O26S2. The number of benzene rings is 2. The Morgan fingerprint density at radius 1 is 0.603 bits per heavy atom. The number of imide groups is 3. The molecule has 0 aliphatic carbocycles. The third kappa shape index (κ3) is 17.4. The van der Waals surface area contributed by atoms with E-state index in [-0.39, 0.29) is 88.3 Å². The van der Waals surface area contributed by atoms with Crippen LogP contribution in [0.5, 0.6) is 11.5 Å². The molecule has 2 aromatic carbocycles. The van der Waals surface area contributed by atoms with Crippen molar-refractivity contribution in [3.8, 4) is 11.5 Å². The van der Waals surface area contributed by atoms with E-state index < -0.39 is 122 Å². The standard InChI is InChI=1S/C12H11NO8S.C12H13NO7S.C7H10O6.C6H7NO5/c14-8-1-3-9(4-2-8)22(19,20)21-13-10(15)5-7(12(13)18)6-11(16)17;14-6-5-8-7-11(16)13(12(8)17)20-21(18,19)10-3-1-9(15)2-4-10;8-4-13-3-5(1-6(9)10)2-7(11)12;8-4-1-3(2-5(9)10)6(11)7(4)12/h1-4,7,14H,5-6H2,(H,16,17);1-4,8,14-15H,5-7H2;4-5H,1-3H2,(H,9,10)(H,11,12);3,12H,1-2H2,(H,9,10). The topological polar surface area (TPSA) is 455 Å². The van der Waals surface area contributed by atoms with Crippen LogP contribution in [0.3, 0.4) is 0 Å². The van der Waals surface area contributed by atoms with Crippen LogP contribution >= 0.6 is 0 Å². The SMILES string of the molecule is O=C(O)CC1CC(=O)N(O)C1=O.O=C(O)CC1CC(=O)N(OS(=O)(=O)c2ccc(O)cc2)C1=O.O=C1CC(CCO)C(=O)N1OS(=O)(=O)c1ccc(O)cc1.O=COCC(CC(=O)O)CC(=O)O. The molecule has 3 atom stereocenters. The van der Waals surface area contributed by atoms with E-state index >= 15 is 0 Å². The first-order chi connectivity index (χ1) is 31.6. The Hall–Kier alpha value is -7.45. The summed E-state index contributed by atoms with van der Waals surface area (Å²) in [5.74, 6) is -13.6. The minimum Gasteiger partial charge on any atom is -0.508 e. The Morgan fingerprint density at radius 2 is 0.971 bits per heavy atom. The fourth-order valence-electron chi connectivity index (χ4n) is 5.67. The maximum Gasteiger partial charge on any atom is 0.318 e. The smallest absolute Gasteiger partial charge is 0.318 e. The van der Waals surface area contributed by atoms with Crippen molar-refractivity contribution in [1.29, 1.82) is 0 Å². The normalized spacial score (nSPS) is 18.0. The lowest BCUT2D eigenvalue weighted by molar-refractivity contribution is -0.173. The van der Waals surface area contributed by atoms with Gasteiger partial charge in [0.2, 0.25) is 0 Å². The number of nitrogens with zero attached hydrogens (tertiary/aromatic N) is 3. The van der Waals surface area contributed by atoms with Crippen molar-refractivity contribution >= 4 is 86.0 Å². The molecule has 372 valence electrons. The number of aliphatic hydroxyl groups is 1. The van der Waals surface area contributed by atoms with Gasteiger partial charge < -0.3 is 40.5 Å². The van der Waals surface area contributed by atoms with Gasteiger partial charge in [-0.15, -0.1) is 18.7 Å². The van der Waals surface area contributed by atoms with E-state index in [9.17, 15) is 69.6 Å². The first kappa shape index (κ1) is 56.7. The Kier molecular flexibility index (Phi) is 21.2. The summed E-state index contributed by atoms with van der Waals surface area (Å²) >= 11 is 0. The number of amides is 6. The van der Waals surface area contributed by atoms with E-state index in [2.05, 4.69) is 13.3 Å². The molecule has 3 saturated heterocycles. The molecule has 68 heavy (non-hydrogen) atoms. The van der Waals surface area contributed by atoms with Crippen molar-refractivity contribution in [2.24, 2.45) is 23.7 Å². The molecular weight excluding hydrogens is 967 g/mol. The van der Waals surface area contributed by atoms with Gasteiger partial charge in [-0.25, -0.2) is 0 Å². The van der Waals surface area contributed by atoms with Crippen molar-refractivity contribution in [3.05, 3.63) is 48.5 Å². The van der Waals surface area contributed by atoms with Gasteiger partial charge in [0.25, 0.3) is 41.9 Å². The first-order valence-electron chi connectivity index (χ1n) is 18.9. The summed E-state index contributed by atoms with van der Waals surface area (Å²) in [5, 5.41) is 69.6. The maximum atomic E-state index is 12.0. The molecule has 6 amide bonds. The number of phenolic OH excluding ortho intramolecular Hbond substituents is 2. The van der Waals surface area contributed by atoms with Crippen LogP contribution in [0.2, 0.25) is 0 Å². The summed E-state index contributed by atoms with van der Waals surface area (Å²) in [6.07, 6.45) is -2.45. The fourth-order valence-corrected chi connectivity index (χ4v) is 7.48. The average Bonchev–Trinajstić information content (AvgIpc) is 3.75. The van der Waals surface area contributed by atoms with Crippen LogP contribution in [0, 0.1) is 23.7 Å². The molecule has 3 aliphatic heterocycles. The Balaban J connectivity index is 0.000000322. The molecule has 3 aliphatic rings. The number of carbonyl (C=O) groups is 11. The van der Waals surface area contributed by atoms with Gasteiger partial charge in [0, 0.05) is 31.8 Å². The first-order valence-corrected chi connectivity index (χ1v) is 21.7. The van der Waals surface area contributed by atoms with Gasteiger partial charge in [-0.2, -0.15) is 21.9 Å². The third-order valence-corrected chi connectivity index (χ3v) is 11.2. The molecule has 31 heteroatoms. The summed E-state index contributed by atoms with van der Waals surface area (Å²) < 4.78 is 61.2. The fraction of sp³-hybridized carbons (Fsp3) is 0.378. The predicted octanol–water partition coefficient (Wildman–Crippen LogP) is -1.42. The van der Waals surface area contributed by atoms with Gasteiger partial charge in [0.15, 0.2) is 0 Å². The molecule has 0 spiro atoms. The summed E-state index contributed by atoms with van der Waals surface area (Å²) in [4.78, 5) is 119. The van der Waals surface area contributed by atoms with E-state index in [1.807, 2.05) is 0 Å². The lowest BCUT2D eigenvalue weighted by atomic mass is 10.0. The van der Waals surface area contributed by atoms with E-state index in [4.69, 9.17) is 41.0 Å². The molecule has 0 aromatic heterocycles. The molecule has 29 nitrogen and oxygen atoms in total. The van der Waals surface area contributed by atoms with Gasteiger partial charge in [0.05, 0.1) is 59.8 Å². The molecule has 0 bridgehead atoms. The number of phenols is 2.